The Labute approximate surface area is 158 Å². The summed E-state index contributed by atoms with van der Waals surface area (Å²) < 4.78 is 47.9. The van der Waals surface area contributed by atoms with Gasteiger partial charge in [0.25, 0.3) is 5.91 Å². The van der Waals surface area contributed by atoms with Crippen LogP contribution in [0.3, 0.4) is 0 Å². The second-order valence-corrected chi connectivity index (χ2v) is 5.89. The fourth-order valence-corrected chi connectivity index (χ4v) is 2.49. The van der Waals surface area contributed by atoms with Gasteiger partial charge in [-0.05, 0) is 13.0 Å². The minimum atomic E-state index is -4.51. The first-order chi connectivity index (χ1) is 13.3. The van der Waals surface area contributed by atoms with Gasteiger partial charge in [-0.15, -0.1) is 0 Å². The highest BCUT2D eigenvalue weighted by molar-refractivity contribution is 5.96. The average Bonchev–Trinajstić information content (AvgIpc) is 3.05. The standard InChI is InChI=1S/C19H16F3N3O3/c1-12-15(17(25-28-12)13-5-3-2-4-6-13)10-27-16-9-23-8-7-14(16)18(26)24-11-19(20,21)22/h2-9H,10-11H2,1H3,(H,24,26). The molecule has 3 rings (SSSR count). The first kappa shape index (κ1) is 19.4. The molecule has 3 aromatic rings. The zero-order valence-electron chi connectivity index (χ0n) is 14.8. The number of aryl methyl sites for hydroxylation is 1. The molecule has 1 amide bonds. The molecule has 2 aromatic heterocycles. The van der Waals surface area contributed by atoms with Crippen LogP contribution in [0.2, 0.25) is 0 Å². The summed E-state index contributed by atoms with van der Waals surface area (Å²) in [6.07, 6.45) is -1.93. The maximum atomic E-state index is 12.3. The molecule has 0 aliphatic rings. The zero-order valence-corrected chi connectivity index (χ0v) is 14.8. The van der Waals surface area contributed by atoms with Gasteiger partial charge < -0.3 is 14.6 Å². The number of benzene rings is 1. The van der Waals surface area contributed by atoms with E-state index < -0.39 is 18.6 Å². The van der Waals surface area contributed by atoms with Crippen molar-refractivity contribution in [1.82, 2.24) is 15.5 Å². The molecule has 0 saturated carbocycles. The summed E-state index contributed by atoms with van der Waals surface area (Å²) >= 11 is 0. The Balaban J connectivity index is 1.78. The van der Waals surface area contributed by atoms with Crippen LogP contribution >= 0.6 is 0 Å². The molecule has 2 heterocycles. The van der Waals surface area contributed by atoms with Crippen LogP contribution in [0.1, 0.15) is 21.7 Å². The van der Waals surface area contributed by atoms with E-state index in [1.54, 1.807) is 6.92 Å². The van der Waals surface area contributed by atoms with Crippen molar-refractivity contribution >= 4 is 5.91 Å². The number of ether oxygens (including phenoxy) is 1. The summed E-state index contributed by atoms with van der Waals surface area (Å²) in [6.45, 7) is 0.291. The third-order valence-electron chi connectivity index (χ3n) is 3.88. The Morgan fingerprint density at radius 1 is 1.21 bits per heavy atom. The van der Waals surface area contributed by atoms with Crippen molar-refractivity contribution in [2.75, 3.05) is 6.54 Å². The molecule has 0 aliphatic carbocycles. The number of hydrogen-bond donors (Lipinski definition) is 1. The molecule has 0 bridgehead atoms. The summed E-state index contributed by atoms with van der Waals surface area (Å²) in [4.78, 5) is 16.0. The predicted octanol–water partition coefficient (Wildman–Crippen LogP) is 3.92. The van der Waals surface area contributed by atoms with Gasteiger partial charge in [-0.1, -0.05) is 35.5 Å². The van der Waals surface area contributed by atoms with Crippen LogP contribution in [0.25, 0.3) is 11.3 Å². The largest absolute Gasteiger partial charge is 0.486 e. The average molecular weight is 391 g/mol. The van der Waals surface area contributed by atoms with Gasteiger partial charge in [0.1, 0.15) is 24.6 Å². The Kier molecular flexibility index (Phi) is 5.62. The van der Waals surface area contributed by atoms with Gasteiger partial charge in [0.05, 0.1) is 17.3 Å². The molecule has 146 valence electrons. The third-order valence-corrected chi connectivity index (χ3v) is 3.88. The fourth-order valence-electron chi connectivity index (χ4n) is 2.49. The van der Waals surface area contributed by atoms with Crippen LogP contribution in [0, 0.1) is 6.92 Å². The number of halogens is 3. The predicted molar refractivity (Wildman–Crippen MR) is 93.6 cm³/mol. The first-order valence-corrected chi connectivity index (χ1v) is 8.27. The molecule has 0 aliphatic heterocycles. The Morgan fingerprint density at radius 3 is 2.68 bits per heavy atom. The highest BCUT2D eigenvalue weighted by Crippen LogP contribution is 2.27. The lowest BCUT2D eigenvalue weighted by Crippen LogP contribution is -2.33. The number of nitrogens with one attached hydrogen (secondary N) is 1. The quantitative estimate of drug-likeness (QED) is 0.689. The Morgan fingerprint density at radius 2 is 1.96 bits per heavy atom. The van der Waals surface area contributed by atoms with E-state index in [4.69, 9.17) is 9.26 Å². The number of alkyl halides is 3. The van der Waals surface area contributed by atoms with Gasteiger partial charge in [0.2, 0.25) is 0 Å². The van der Waals surface area contributed by atoms with Crippen LogP contribution < -0.4 is 10.1 Å². The SMILES string of the molecule is Cc1onc(-c2ccccc2)c1COc1cnccc1C(=O)NCC(F)(F)F. The number of aromatic nitrogens is 2. The summed E-state index contributed by atoms with van der Waals surface area (Å²) in [5, 5.41) is 5.86. The van der Waals surface area contributed by atoms with Crippen molar-refractivity contribution in [1.29, 1.82) is 0 Å². The molecule has 0 unspecified atom stereocenters. The van der Waals surface area contributed by atoms with Crippen LogP contribution in [0.5, 0.6) is 5.75 Å². The van der Waals surface area contributed by atoms with E-state index in [-0.39, 0.29) is 17.9 Å². The Hall–Kier alpha value is -3.36. The molecule has 0 fully saturated rings. The molecule has 0 spiro atoms. The van der Waals surface area contributed by atoms with Crippen LogP contribution in [-0.4, -0.2) is 28.8 Å². The number of rotatable bonds is 6. The number of carbonyl (C=O) groups excluding carboxylic acids is 1. The van der Waals surface area contributed by atoms with Crippen molar-refractivity contribution in [3.8, 4) is 17.0 Å². The van der Waals surface area contributed by atoms with E-state index in [2.05, 4.69) is 10.1 Å². The van der Waals surface area contributed by atoms with Crippen LogP contribution in [0.4, 0.5) is 13.2 Å². The molecule has 28 heavy (non-hydrogen) atoms. The topological polar surface area (TPSA) is 77.2 Å². The van der Waals surface area contributed by atoms with Crippen LogP contribution in [0.15, 0.2) is 53.3 Å². The van der Waals surface area contributed by atoms with Crippen molar-refractivity contribution < 1.29 is 27.2 Å². The Bertz CT molecular complexity index is 956. The van der Waals surface area contributed by atoms with Gasteiger partial charge in [-0.25, -0.2) is 0 Å². The smallest absolute Gasteiger partial charge is 0.405 e. The highest BCUT2D eigenvalue weighted by Gasteiger charge is 2.28. The first-order valence-electron chi connectivity index (χ1n) is 8.27. The van der Waals surface area contributed by atoms with Gasteiger partial charge >= 0.3 is 6.18 Å². The maximum Gasteiger partial charge on any atom is 0.405 e. The highest BCUT2D eigenvalue weighted by atomic mass is 19.4. The van der Waals surface area contributed by atoms with Gasteiger partial charge in [-0.3, -0.25) is 9.78 Å². The van der Waals surface area contributed by atoms with Gasteiger partial charge in [-0.2, -0.15) is 13.2 Å². The molecular formula is C19H16F3N3O3. The molecule has 0 radical (unpaired) electrons. The van der Waals surface area contributed by atoms with E-state index in [0.717, 1.165) is 5.56 Å². The number of pyridine rings is 1. The van der Waals surface area contributed by atoms with E-state index in [0.29, 0.717) is 17.0 Å². The number of hydrogen-bond acceptors (Lipinski definition) is 5. The zero-order chi connectivity index (χ0) is 20.1. The van der Waals surface area contributed by atoms with Crippen molar-refractivity contribution in [2.24, 2.45) is 0 Å². The van der Waals surface area contributed by atoms with Crippen molar-refractivity contribution in [2.45, 2.75) is 19.7 Å². The van der Waals surface area contributed by atoms with Gasteiger partial charge in [0.15, 0.2) is 5.75 Å². The summed E-state index contributed by atoms with van der Waals surface area (Å²) in [5.41, 5.74) is 2.03. The number of amides is 1. The summed E-state index contributed by atoms with van der Waals surface area (Å²) in [6, 6.07) is 10.6. The fraction of sp³-hybridized carbons (Fsp3) is 0.211. The monoisotopic (exact) mass is 391 g/mol. The van der Waals surface area contributed by atoms with E-state index in [1.807, 2.05) is 35.6 Å². The summed E-state index contributed by atoms with van der Waals surface area (Å²) in [5.74, 6) is -0.312. The number of nitrogens with zero attached hydrogens (tertiary/aromatic N) is 2. The molecule has 0 saturated heterocycles. The molecule has 1 aromatic carbocycles. The minimum Gasteiger partial charge on any atom is -0.486 e. The lowest BCUT2D eigenvalue weighted by molar-refractivity contribution is -0.123. The second kappa shape index (κ2) is 8.12. The second-order valence-electron chi connectivity index (χ2n) is 5.89. The maximum absolute atomic E-state index is 12.3. The lowest BCUT2D eigenvalue weighted by Gasteiger charge is -2.12. The van der Waals surface area contributed by atoms with Crippen molar-refractivity contribution in [3.05, 3.63) is 65.7 Å². The summed E-state index contributed by atoms with van der Waals surface area (Å²) in [7, 11) is 0. The molecular weight excluding hydrogens is 375 g/mol. The normalized spacial score (nSPS) is 11.3. The lowest BCUT2D eigenvalue weighted by atomic mass is 10.1. The molecule has 9 heteroatoms. The van der Waals surface area contributed by atoms with E-state index >= 15 is 0 Å². The number of carbonyl (C=O) groups is 1. The van der Waals surface area contributed by atoms with Crippen LogP contribution in [-0.2, 0) is 6.61 Å². The van der Waals surface area contributed by atoms with Crippen molar-refractivity contribution in [3.63, 3.8) is 0 Å². The van der Waals surface area contributed by atoms with Gasteiger partial charge in [0, 0.05) is 11.8 Å². The molecule has 1 N–H and O–H groups in total. The minimum absolute atomic E-state index is 0.00477. The molecule has 0 atom stereocenters. The molecule has 6 nitrogen and oxygen atoms in total. The third kappa shape index (κ3) is 4.67. The van der Waals surface area contributed by atoms with E-state index in [9.17, 15) is 18.0 Å². The van der Waals surface area contributed by atoms with E-state index in [1.165, 1.54) is 18.5 Å².